The average molecular weight is 500 g/mol. The molecular weight excluding hydrogens is 471 g/mol. The van der Waals surface area contributed by atoms with Crippen LogP contribution in [0.5, 0.6) is 0 Å². The number of rotatable bonds is 5. The Morgan fingerprint density at radius 2 is 2.29 bits per heavy atom. The van der Waals surface area contributed by atoms with Crippen LogP contribution in [0, 0.1) is 5.41 Å². The summed E-state index contributed by atoms with van der Waals surface area (Å²) in [6.07, 6.45) is 5.92. The Morgan fingerprint density at radius 1 is 1.43 bits per heavy atom. The van der Waals surface area contributed by atoms with E-state index in [-0.39, 0.29) is 41.2 Å². The fourth-order valence-corrected chi connectivity index (χ4v) is 3.79. The molecule has 1 unspecified atom stereocenters. The van der Waals surface area contributed by atoms with Crippen molar-refractivity contribution in [2.45, 2.75) is 26.2 Å². The quantitative estimate of drug-likeness (QED) is 0.243. The Kier molecular flexibility index (Phi) is 8.46. The normalized spacial score (nSPS) is 21.8. The van der Waals surface area contributed by atoms with Crippen molar-refractivity contribution in [1.82, 2.24) is 25.8 Å². The van der Waals surface area contributed by atoms with E-state index in [4.69, 9.17) is 0 Å². The number of aromatic nitrogens is 1. The summed E-state index contributed by atoms with van der Waals surface area (Å²) in [4.78, 5) is 34.6. The summed E-state index contributed by atoms with van der Waals surface area (Å²) in [5.74, 6) is 0.860. The van der Waals surface area contributed by atoms with Crippen LogP contribution in [-0.4, -0.2) is 66.9 Å². The lowest BCUT2D eigenvalue weighted by Gasteiger charge is -2.40. The standard InChI is InChI=1S/C19H28N6O2.HI/c1-2-21-18(23-9-8-22-17(27)15-5-3-7-20-12-15)25-10-4-6-19(14-25)11-16(26)24-13-19;/h3,5,7,12H,2,4,6,8-11,13-14H2,1H3,(H,21,23)(H,22,27)(H,24,26);1H. The van der Waals surface area contributed by atoms with Crippen LogP contribution in [0.25, 0.3) is 0 Å². The van der Waals surface area contributed by atoms with Crippen LogP contribution in [0.4, 0.5) is 0 Å². The Bertz CT molecular complexity index is 699. The minimum atomic E-state index is -0.143. The van der Waals surface area contributed by atoms with Crippen molar-refractivity contribution in [1.29, 1.82) is 0 Å². The molecule has 2 fully saturated rings. The van der Waals surface area contributed by atoms with Gasteiger partial charge in [-0.2, -0.15) is 0 Å². The van der Waals surface area contributed by atoms with Crippen LogP contribution in [0.1, 0.15) is 36.5 Å². The van der Waals surface area contributed by atoms with Gasteiger partial charge in [0.1, 0.15) is 0 Å². The zero-order chi connectivity index (χ0) is 19.1. The number of likely N-dealkylation sites (tertiary alicyclic amines) is 1. The van der Waals surface area contributed by atoms with Gasteiger partial charge in [0.05, 0.1) is 12.1 Å². The zero-order valence-electron chi connectivity index (χ0n) is 16.2. The van der Waals surface area contributed by atoms with Crippen molar-refractivity contribution in [3.8, 4) is 0 Å². The van der Waals surface area contributed by atoms with E-state index in [2.05, 4.69) is 30.8 Å². The van der Waals surface area contributed by atoms with E-state index in [1.165, 1.54) is 0 Å². The molecule has 2 aliphatic heterocycles. The highest BCUT2D eigenvalue weighted by atomic mass is 127. The first-order chi connectivity index (χ1) is 13.1. The zero-order valence-corrected chi connectivity index (χ0v) is 18.6. The van der Waals surface area contributed by atoms with Gasteiger partial charge in [-0.3, -0.25) is 19.6 Å². The molecule has 3 rings (SSSR count). The summed E-state index contributed by atoms with van der Waals surface area (Å²) in [7, 11) is 0. The van der Waals surface area contributed by atoms with Gasteiger partial charge in [-0.25, -0.2) is 0 Å². The van der Waals surface area contributed by atoms with Gasteiger partial charge in [0, 0.05) is 57.0 Å². The maximum atomic E-state index is 12.1. The lowest BCUT2D eigenvalue weighted by atomic mass is 9.79. The van der Waals surface area contributed by atoms with E-state index >= 15 is 0 Å². The molecule has 0 bridgehead atoms. The number of nitrogens with zero attached hydrogens (tertiary/aromatic N) is 3. The van der Waals surface area contributed by atoms with Gasteiger partial charge in [-0.1, -0.05) is 0 Å². The number of carbonyl (C=O) groups excluding carboxylic acids is 2. The molecule has 1 atom stereocenters. The highest BCUT2D eigenvalue weighted by molar-refractivity contribution is 14.0. The lowest BCUT2D eigenvalue weighted by Crippen LogP contribution is -2.51. The van der Waals surface area contributed by atoms with E-state index < -0.39 is 0 Å². The van der Waals surface area contributed by atoms with Crippen molar-refractivity contribution in [2.24, 2.45) is 10.4 Å². The molecule has 154 valence electrons. The maximum Gasteiger partial charge on any atom is 0.252 e. The molecule has 0 saturated carbocycles. The van der Waals surface area contributed by atoms with E-state index in [0.29, 0.717) is 25.1 Å². The molecule has 2 saturated heterocycles. The summed E-state index contributed by atoms with van der Waals surface area (Å²) >= 11 is 0. The summed E-state index contributed by atoms with van der Waals surface area (Å²) in [5.41, 5.74) is 0.574. The Labute approximate surface area is 183 Å². The van der Waals surface area contributed by atoms with Crippen molar-refractivity contribution in [3.63, 3.8) is 0 Å². The molecule has 28 heavy (non-hydrogen) atoms. The van der Waals surface area contributed by atoms with Crippen LogP contribution in [0.2, 0.25) is 0 Å². The molecule has 3 heterocycles. The lowest BCUT2D eigenvalue weighted by molar-refractivity contribution is -0.119. The van der Waals surface area contributed by atoms with E-state index in [0.717, 1.165) is 45.0 Å². The van der Waals surface area contributed by atoms with Crippen LogP contribution >= 0.6 is 24.0 Å². The van der Waals surface area contributed by atoms with Crippen molar-refractivity contribution in [2.75, 3.05) is 39.3 Å². The Balaban J connectivity index is 0.00000280. The van der Waals surface area contributed by atoms with Gasteiger partial charge >= 0.3 is 0 Å². The SMILES string of the molecule is CCNC(=NCCNC(=O)c1cccnc1)N1CCCC2(CNC(=O)C2)C1.I. The smallest absolute Gasteiger partial charge is 0.252 e. The highest BCUT2D eigenvalue weighted by Crippen LogP contribution is 2.35. The second kappa shape index (κ2) is 10.6. The number of halogens is 1. The van der Waals surface area contributed by atoms with Gasteiger partial charge in [0.25, 0.3) is 5.91 Å². The third-order valence-corrected chi connectivity index (χ3v) is 5.07. The number of amides is 2. The molecule has 1 aromatic rings. The van der Waals surface area contributed by atoms with Crippen LogP contribution in [-0.2, 0) is 4.79 Å². The van der Waals surface area contributed by atoms with E-state index in [9.17, 15) is 9.59 Å². The number of guanidine groups is 1. The second-order valence-electron chi connectivity index (χ2n) is 7.21. The van der Waals surface area contributed by atoms with E-state index in [1.54, 1.807) is 24.5 Å². The van der Waals surface area contributed by atoms with Crippen LogP contribution in [0.3, 0.4) is 0 Å². The molecule has 1 aromatic heterocycles. The number of piperidine rings is 1. The molecular formula is C19H29IN6O2. The molecule has 0 aromatic carbocycles. The molecule has 3 N–H and O–H groups in total. The topological polar surface area (TPSA) is 98.7 Å². The fraction of sp³-hybridized carbons (Fsp3) is 0.579. The Hall–Kier alpha value is -1.91. The first-order valence-electron chi connectivity index (χ1n) is 9.60. The summed E-state index contributed by atoms with van der Waals surface area (Å²) in [5, 5.41) is 9.18. The minimum Gasteiger partial charge on any atom is -0.357 e. The molecule has 0 radical (unpaired) electrons. The van der Waals surface area contributed by atoms with Crippen LogP contribution in [0.15, 0.2) is 29.5 Å². The first-order valence-corrected chi connectivity index (χ1v) is 9.60. The predicted octanol–water partition coefficient (Wildman–Crippen LogP) is 0.997. The third-order valence-electron chi connectivity index (χ3n) is 5.07. The first kappa shape index (κ1) is 22.4. The van der Waals surface area contributed by atoms with Gasteiger partial charge in [-0.15, -0.1) is 24.0 Å². The number of aliphatic imine (C=N–C) groups is 1. The van der Waals surface area contributed by atoms with Gasteiger partial charge in [0.15, 0.2) is 5.96 Å². The number of carbonyl (C=O) groups is 2. The van der Waals surface area contributed by atoms with E-state index in [1.807, 2.05) is 6.92 Å². The molecule has 2 amide bonds. The van der Waals surface area contributed by atoms with Crippen molar-refractivity contribution in [3.05, 3.63) is 30.1 Å². The molecule has 0 aliphatic carbocycles. The monoisotopic (exact) mass is 500 g/mol. The van der Waals surface area contributed by atoms with Gasteiger partial charge in [0.2, 0.25) is 5.91 Å². The maximum absolute atomic E-state index is 12.1. The highest BCUT2D eigenvalue weighted by Gasteiger charge is 2.42. The molecule has 8 nitrogen and oxygen atoms in total. The second-order valence-corrected chi connectivity index (χ2v) is 7.21. The fourth-order valence-electron chi connectivity index (χ4n) is 3.79. The summed E-state index contributed by atoms with van der Waals surface area (Å²) < 4.78 is 0. The largest absolute Gasteiger partial charge is 0.357 e. The number of hydrogen-bond donors (Lipinski definition) is 3. The Morgan fingerprint density at radius 3 is 2.96 bits per heavy atom. The van der Waals surface area contributed by atoms with Crippen LogP contribution < -0.4 is 16.0 Å². The van der Waals surface area contributed by atoms with Crippen molar-refractivity contribution < 1.29 is 9.59 Å². The van der Waals surface area contributed by atoms with Crippen molar-refractivity contribution >= 4 is 41.8 Å². The molecule has 1 spiro atoms. The summed E-state index contributed by atoms with van der Waals surface area (Å²) in [6.45, 7) is 6.30. The van der Waals surface area contributed by atoms with Gasteiger partial charge in [-0.05, 0) is 31.9 Å². The molecule has 9 heteroatoms. The minimum absolute atomic E-state index is 0. The number of nitrogens with one attached hydrogen (secondary N) is 3. The summed E-state index contributed by atoms with van der Waals surface area (Å²) in [6, 6.07) is 3.48. The predicted molar refractivity (Wildman–Crippen MR) is 119 cm³/mol. The van der Waals surface area contributed by atoms with Gasteiger partial charge < -0.3 is 20.9 Å². The molecule has 2 aliphatic rings. The number of hydrogen-bond acceptors (Lipinski definition) is 4. The third kappa shape index (κ3) is 5.79. The average Bonchev–Trinajstić information content (AvgIpc) is 3.04. The number of pyridine rings is 1.